The second-order valence-corrected chi connectivity index (χ2v) is 5.55. The smallest absolute Gasteiger partial charge is 0.246 e. The number of aliphatic hydroxyl groups excluding tert-OH is 1. The van der Waals surface area contributed by atoms with Crippen molar-refractivity contribution in [2.24, 2.45) is 0 Å². The Hall–Kier alpha value is -0.880. The van der Waals surface area contributed by atoms with E-state index in [1.54, 1.807) is 19.2 Å². The molecule has 18 heavy (non-hydrogen) atoms. The van der Waals surface area contributed by atoms with E-state index >= 15 is 0 Å². The summed E-state index contributed by atoms with van der Waals surface area (Å²) in [6.45, 7) is 0.448. The van der Waals surface area contributed by atoms with Crippen molar-refractivity contribution in [1.82, 2.24) is 4.90 Å². The molecule has 1 aromatic rings. The van der Waals surface area contributed by atoms with Gasteiger partial charge >= 0.3 is 0 Å². The summed E-state index contributed by atoms with van der Waals surface area (Å²) in [5.41, 5.74) is 0. The number of thiophene rings is 1. The van der Waals surface area contributed by atoms with Crippen LogP contribution in [0.25, 0.3) is 6.08 Å². The van der Waals surface area contributed by atoms with Crippen molar-refractivity contribution >= 4 is 34.9 Å². The Balaban J connectivity index is 2.46. The Labute approximate surface area is 115 Å². The van der Waals surface area contributed by atoms with Gasteiger partial charge in [-0.2, -0.15) is 0 Å². The Morgan fingerprint density at radius 1 is 1.67 bits per heavy atom. The van der Waals surface area contributed by atoms with Gasteiger partial charge in [0, 0.05) is 31.7 Å². The molecule has 1 aromatic heterocycles. The minimum Gasteiger partial charge on any atom is -0.389 e. The number of ether oxygens (including phenoxy) is 1. The molecular weight excluding hydrogens is 274 g/mol. The number of amides is 1. The monoisotopic (exact) mass is 289 g/mol. The van der Waals surface area contributed by atoms with Gasteiger partial charge in [0.1, 0.15) is 0 Å². The number of carbonyl (C=O) groups excluding carboxylic acids is 1. The van der Waals surface area contributed by atoms with Crippen LogP contribution in [0.15, 0.2) is 18.2 Å². The molecule has 1 N–H and O–H groups in total. The molecule has 0 aliphatic heterocycles. The van der Waals surface area contributed by atoms with Gasteiger partial charge in [-0.1, -0.05) is 11.6 Å². The molecule has 0 fully saturated rings. The molecule has 0 aromatic carbocycles. The molecule has 0 saturated carbocycles. The third-order valence-electron chi connectivity index (χ3n) is 2.20. The highest BCUT2D eigenvalue weighted by atomic mass is 35.5. The number of nitrogens with zero attached hydrogens (tertiary/aromatic N) is 1. The first-order valence-electron chi connectivity index (χ1n) is 5.38. The zero-order chi connectivity index (χ0) is 13.5. The summed E-state index contributed by atoms with van der Waals surface area (Å²) in [4.78, 5) is 14.1. The van der Waals surface area contributed by atoms with Crippen LogP contribution in [0, 0.1) is 0 Å². The highest BCUT2D eigenvalue weighted by molar-refractivity contribution is 7.17. The largest absolute Gasteiger partial charge is 0.389 e. The molecule has 100 valence electrons. The number of hydrogen-bond acceptors (Lipinski definition) is 4. The van der Waals surface area contributed by atoms with Gasteiger partial charge in [0.25, 0.3) is 0 Å². The first-order chi connectivity index (χ1) is 8.52. The highest BCUT2D eigenvalue weighted by Gasteiger charge is 2.11. The summed E-state index contributed by atoms with van der Waals surface area (Å²) in [5, 5.41) is 9.50. The van der Waals surface area contributed by atoms with E-state index in [1.807, 2.05) is 6.07 Å². The molecule has 0 saturated heterocycles. The van der Waals surface area contributed by atoms with Crippen LogP contribution < -0.4 is 0 Å². The fourth-order valence-corrected chi connectivity index (χ4v) is 2.31. The fraction of sp³-hybridized carbons (Fsp3) is 0.417. The van der Waals surface area contributed by atoms with Crippen LogP contribution in [-0.2, 0) is 9.53 Å². The lowest BCUT2D eigenvalue weighted by Gasteiger charge is -2.18. The average Bonchev–Trinajstić information content (AvgIpc) is 2.72. The molecule has 1 rings (SSSR count). The standard InChI is InChI=1S/C12H16ClNO3S/c1-14(7-9(15)8-17-2)12(16)6-4-10-3-5-11(13)18-10/h3-6,9,15H,7-8H2,1-2H3. The number of carbonyl (C=O) groups is 1. The number of methoxy groups -OCH3 is 1. The molecule has 1 unspecified atom stereocenters. The van der Waals surface area contributed by atoms with E-state index in [4.69, 9.17) is 16.3 Å². The fourth-order valence-electron chi connectivity index (χ4n) is 1.35. The summed E-state index contributed by atoms with van der Waals surface area (Å²) < 4.78 is 5.48. The highest BCUT2D eigenvalue weighted by Crippen LogP contribution is 2.22. The lowest BCUT2D eigenvalue weighted by Crippen LogP contribution is -2.35. The summed E-state index contributed by atoms with van der Waals surface area (Å²) in [6.07, 6.45) is 2.49. The molecule has 0 aliphatic rings. The second kappa shape index (κ2) is 7.53. The van der Waals surface area contributed by atoms with Crippen LogP contribution in [0.3, 0.4) is 0 Å². The zero-order valence-electron chi connectivity index (χ0n) is 10.3. The maximum atomic E-state index is 11.7. The summed E-state index contributed by atoms with van der Waals surface area (Å²) >= 11 is 7.19. The van der Waals surface area contributed by atoms with E-state index in [0.717, 1.165) is 4.88 Å². The summed E-state index contributed by atoms with van der Waals surface area (Å²) in [5.74, 6) is -0.172. The molecule has 6 heteroatoms. The van der Waals surface area contributed by atoms with Crippen molar-refractivity contribution in [1.29, 1.82) is 0 Å². The van der Waals surface area contributed by atoms with Crippen LogP contribution in [0.5, 0.6) is 0 Å². The van der Waals surface area contributed by atoms with Gasteiger partial charge in [0.2, 0.25) is 5.91 Å². The Bertz CT molecular complexity index is 419. The first kappa shape index (κ1) is 15.2. The molecule has 0 aliphatic carbocycles. The number of rotatable bonds is 6. The molecule has 0 bridgehead atoms. The summed E-state index contributed by atoms with van der Waals surface area (Å²) in [7, 11) is 3.14. The minimum atomic E-state index is -0.673. The quantitative estimate of drug-likeness (QED) is 0.814. The minimum absolute atomic E-state index is 0.172. The maximum Gasteiger partial charge on any atom is 0.246 e. The van der Waals surface area contributed by atoms with Crippen molar-refractivity contribution in [3.8, 4) is 0 Å². The molecule has 0 spiro atoms. The van der Waals surface area contributed by atoms with Crippen LogP contribution in [-0.4, -0.2) is 49.3 Å². The average molecular weight is 290 g/mol. The van der Waals surface area contributed by atoms with E-state index < -0.39 is 6.10 Å². The van der Waals surface area contributed by atoms with Crippen LogP contribution in [0.4, 0.5) is 0 Å². The van der Waals surface area contributed by atoms with Gasteiger partial charge in [-0.25, -0.2) is 0 Å². The van der Waals surface area contributed by atoms with Crippen molar-refractivity contribution in [2.45, 2.75) is 6.10 Å². The topological polar surface area (TPSA) is 49.8 Å². The predicted molar refractivity (Wildman–Crippen MR) is 73.9 cm³/mol. The van der Waals surface area contributed by atoms with E-state index in [2.05, 4.69) is 0 Å². The van der Waals surface area contributed by atoms with Crippen molar-refractivity contribution in [2.75, 3.05) is 27.3 Å². The van der Waals surface area contributed by atoms with Crippen LogP contribution >= 0.6 is 22.9 Å². The molecule has 1 atom stereocenters. The molecular formula is C12H16ClNO3S. The van der Waals surface area contributed by atoms with Crippen molar-refractivity contribution in [3.63, 3.8) is 0 Å². The van der Waals surface area contributed by atoms with Gasteiger partial charge in [-0.05, 0) is 18.2 Å². The Morgan fingerprint density at radius 3 is 2.94 bits per heavy atom. The lowest BCUT2D eigenvalue weighted by atomic mass is 10.3. The van der Waals surface area contributed by atoms with Gasteiger partial charge in [0.15, 0.2) is 0 Å². The maximum absolute atomic E-state index is 11.7. The van der Waals surface area contributed by atoms with Gasteiger partial charge in [-0.15, -0.1) is 11.3 Å². The molecule has 0 radical (unpaired) electrons. The Morgan fingerprint density at radius 2 is 2.39 bits per heavy atom. The van der Waals surface area contributed by atoms with E-state index in [-0.39, 0.29) is 19.1 Å². The van der Waals surface area contributed by atoms with E-state index in [1.165, 1.54) is 29.4 Å². The van der Waals surface area contributed by atoms with E-state index in [0.29, 0.717) is 4.34 Å². The number of likely N-dealkylation sites (N-methyl/N-ethyl adjacent to an activating group) is 1. The molecule has 4 nitrogen and oxygen atoms in total. The third kappa shape index (κ3) is 5.18. The second-order valence-electron chi connectivity index (χ2n) is 3.80. The molecule has 1 amide bonds. The van der Waals surface area contributed by atoms with Crippen molar-refractivity contribution in [3.05, 3.63) is 27.4 Å². The van der Waals surface area contributed by atoms with Crippen molar-refractivity contribution < 1.29 is 14.6 Å². The normalized spacial score (nSPS) is 12.9. The van der Waals surface area contributed by atoms with Crippen LogP contribution in [0.1, 0.15) is 4.88 Å². The summed E-state index contributed by atoms with van der Waals surface area (Å²) in [6, 6.07) is 3.62. The number of halogens is 1. The third-order valence-corrected chi connectivity index (χ3v) is 3.40. The van der Waals surface area contributed by atoms with Gasteiger partial charge < -0.3 is 14.7 Å². The van der Waals surface area contributed by atoms with Crippen LogP contribution in [0.2, 0.25) is 4.34 Å². The van der Waals surface area contributed by atoms with E-state index in [9.17, 15) is 9.90 Å². The lowest BCUT2D eigenvalue weighted by molar-refractivity contribution is -0.126. The molecule has 1 heterocycles. The van der Waals surface area contributed by atoms with Gasteiger partial charge in [0.05, 0.1) is 17.0 Å². The predicted octanol–water partition coefficient (Wildman–Crippen LogP) is 1.88. The SMILES string of the molecule is COCC(O)CN(C)C(=O)C=Cc1ccc(Cl)s1. The first-order valence-corrected chi connectivity index (χ1v) is 6.58. The zero-order valence-corrected chi connectivity index (χ0v) is 11.9. The number of aliphatic hydroxyl groups is 1. The Kier molecular flexibility index (Phi) is 6.35. The number of hydrogen-bond donors (Lipinski definition) is 1. The van der Waals surface area contributed by atoms with Gasteiger partial charge in [-0.3, -0.25) is 4.79 Å².